The van der Waals surface area contributed by atoms with E-state index in [0.717, 1.165) is 44.3 Å². The van der Waals surface area contributed by atoms with Gasteiger partial charge >= 0.3 is 0 Å². The summed E-state index contributed by atoms with van der Waals surface area (Å²) in [6.07, 6.45) is 1.79. The molecule has 1 N–H and O–H groups in total. The molecule has 3 heterocycles. The Morgan fingerprint density at radius 2 is 1.18 bits per heavy atom. The fourth-order valence-corrected chi connectivity index (χ4v) is 9.26. The van der Waals surface area contributed by atoms with Crippen LogP contribution < -0.4 is 0 Å². The first-order valence-electron chi connectivity index (χ1n) is 18.9. The Labute approximate surface area is 331 Å². The molecule has 0 bridgehead atoms. The maximum Gasteiger partial charge on any atom is 0.161 e. The van der Waals surface area contributed by atoms with E-state index in [2.05, 4.69) is 108 Å². The minimum atomic E-state index is 0.118. The smallest absolute Gasteiger partial charge is 0.161 e. The molecule has 0 amide bonds. The topological polar surface area (TPSA) is 66.6 Å². The van der Waals surface area contributed by atoms with E-state index in [1.54, 1.807) is 6.21 Å². The Morgan fingerprint density at radius 3 is 1.93 bits per heavy atom. The largest absolute Gasteiger partial charge is 0.456 e. The Morgan fingerprint density at radius 1 is 0.544 bits per heavy atom. The number of fused-ring (bicyclic) bond motifs is 9. The Bertz CT molecular complexity index is 3370. The van der Waals surface area contributed by atoms with Gasteiger partial charge in [-0.05, 0) is 65.2 Å². The van der Waals surface area contributed by atoms with E-state index in [4.69, 9.17) is 14.4 Å². The highest BCUT2D eigenvalue weighted by Crippen LogP contribution is 2.40. The van der Waals surface area contributed by atoms with Crippen molar-refractivity contribution in [2.45, 2.75) is 0 Å². The molecule has 0 saturated carbocycles. The molecule has 0 spiro atoms. The average Bonchev–Trinajstić information content (AvgIpc) is 3.94. The van der Waals surface area contributed by atoms with Crippen LogP contribution in [0, 0.1) is 5.41 Å². The quantitative estimate of drug-likeness (QED) is 0.138. The number of amidine groups is 2. The molecule has 3 aromatic heterocycles. The highest BCUT2D eigenvalue weighted by atomic mass is 32.1. The highest BCUT2D eigenvalue weighted by molar-refractivity contribution is 7.25. The first-order chi connectivity index (χ1) is 28.2. The normalized spacial score (nSPS) is 12.3. The number of nitrogens with one attached hydrogen (secondary N) is 1. The minimum Gasteiger partial charge on any atom is -0.456 e. The molecular formula is C51H32N4OS. The van der Waals surface area contributed by atoms with Crippen LogP contribution >= 0.6 is 11.3 Å². The van der Waals surface area contributed by atoms with E-state index >= 15 is 0 Å². The molecule has 0 fully saturated rings. The third kappa shape index (κ3) is 5.65. The monoisotopic (exact) mass is 748 g/mol. The molecule has 8 aromatic carbocycles. The summed E-state index contributed by atoms with van der Waals surface area (Å²) in [5.74, 6) is 0.587. The van der Waals surface area contributed by atoms with Gasteiger partial charge in [0.1, 0.15) is 11.2 Å². The number of para-hydroxylation sites is 2. The van der Waals surface area contributed by atoms with Crippen molar-refractivity contribution in [3.63, 3.8) is 0 Å². The SMILES string of the molecule is N=C(N=C(N=Cc1ccccc1)c1ccccc1)c1cccc2oc3cc(-c4ccc5c(c4)sc4cc(-n6c7ccccc7c7ccccc76)ccc45)ccc3c12. The zero-order valence-corrected chi connectivity index (χ0v) is 31.4. The maximum atomic E-state index is 9.21. The molecule has 5 nitrogen and oxygen atoms in total. The van der Waals surface area contributed by atoms with Gasteiger partial charge in [-0.25, -0.2) is 9.98 Å². The molecule has 268 valence electrons. The van der Waals surface area contributed by atoms with Crippen molar-refractivity contribution < 1.29 is 4.42 Å². The van der Waals surface area contributed by atoms with Gasteiger partial charge in [0.25, 0.3) is 0 Å². The van der Waals surface area contributed by atoms with Gasteiger partial charge < -0.3 is 8.98 Å². The maximum absolute atomic E-state index is 9.21. The second-order valence-corrected chi connectivity index (χ2v) is 15.3. The van der Waals surface area contributed by atoms with E-state index in [9.17, 15) is 5.41 Å². The van der Waals surface area contributed by atoms with Gasteiger partial charge in [-0.1, -0.05) is 133 Å². The van der Waals surface area contributed by atoms with E-state index in [1.165, 1.54) is 42.0 Å². The van der Waals surface area contributed by atoms with Crippen LogP contribution in [0.2, 0.25) is 0 Å². The minimum absolute atomic E-state index is 0.118. The van der Waals surface area contributed by atoms with Crippen molar-refractivity contribution in [2.75, 3.05) is 0 Å². The third-order valence-corrected chi connectivity index (χ3v) is 11.9. The van der Waals surface area contributed by atoms with Crippen molar-refractivity contribution in [1.82, 2.24) is 4.57 Å². The number of nitrogens with zero attached hydrogens (tertiary/aromatic N) is 3. The number of aromatic nitrogens is 1. The van der Waals surface area contributed by atoms with Crippen molar-refractivity contribution in [1.29, 1.82) is 5.41 Å². The molecule has 11 rings (SSSR count). The second kappa shape index (κ2) is 13.4. The zero-order valence-electron chi connectivity index (χ0n) is 30.6. The van der Waals surface area contributed by atoms with E-state index in [-0.39, 0.29) is 5.84 Å². The van der Waals surface area contributed by atoms with Gasteiger partial charge in [-0.3, -0.25) is 5.41 Å². The molecule has 0 unspecified atom stereocenters. The number of hydrogen-bond donors (Lipinski definition) is 1. The van der Waals surface area contributed by atoms with E-state index in [0.29, 0.717) is 17.0 Å². The first-order valence-corrected chi connectivity index (χ1v) is 19.7. The Hall–Kier alpha value is -7.41. The summed E-state index contributed by atoms with van der Waals surface area (Å²) >= 11 is 1.83. The summed E-state index contributed by atoms with van der Waals surface area (Å²) in [7, 11) is 0. The molecule has 0 atom stereocenters. The van der Waals surface area contributed by atoms with E-state index in [1.807, 2.05) is 90.2 Å². The standard InChI is InChI=1S/C51H32N4OS/c52-50(54-51(33-14-5-2-6-15-33)53-31-32-12-3-1-4-13-32)42-18-11-21-45-49(42)41-26-23-34(28-46(41)56-45)35-22-25-39-40-27-24-36(30-48(40)57-47(39)29-35)55-43-19-9-7-16-37(43)38-17-8-10-20-44(38)55/h1-31,52H. The molecule has 0 aliphatic rings. The number of furan rings is 1. The lowest BCUT2D eigenvalue weighted by atomic mass is 10.0. The van der Waals surface area contributed by atoms with Gasteiger partial charge in [0, 0.05) is 64.7 Å². The van der Waals surface area contributed by atoms with Gasteiger partial charge in [0.15, 0.2) is 11.7 Å². The summed E-state index contributed by atoms with van der Waals surface area (Å²) in [4.78, 5) is 9.53. The predicted molar refractivity (Wildman–Crippen MR) is 240 cm³/mol. The first kappa shape index (κ1) is 33.0. The summed E-state index contributed by atoms with van der Waals surface area (Å²) in [5.41, 5.74) is 9.75. The molecular weight excluding hydrogens is 717 g/mol. The predicted octanol–water partition coefficient (Wildman–Crippen LogP) is 13.6. The van der Waals surface area contributed by atoms with Crippen LogP contribution in [0.25, 0.3) is 80.7 Å². The molecule has 0 aliphatic carbocycles. The van der Waals surface area contributed by atoms with Crippen LogP contribution in [0.5, 0.6) is 0 Å². The Balaban J connectivity index is 0.957. The van der Waals surface area contributed by atoms with Crippen LogP contribution in [-0.2, 0) is 0 Å². The van der Waals surface area contributed by atoms with Gasteiger partial charge in [0.2, 0.25) is 0 Å². The van der Waals surface area contributed by atoms with Crippen LogP contribution in [-0.4, -0.2) is 22.5 Å². The molecule has 0 aliphatic heterocycles. The number of hydrogen-bond acceptors (Lipinski definition) is 3. The zero-order chi connectivity index (χ0) is 37.9. The van der Waals surface area contributed by atoms with Crippen molar-refractivity contribution in [2.24, 2.45) is 9.98 Å². The molecule has 57 heavy (non-hydrogen) atoms. The molecule has 0 saturated heterocycles. The Kier molecular flexibility index (Phi) is 7.76. The number of rotatable bonds is 5. The van der Waals surface area contributed by atoms with Crippen LogP contribution in [0.4, 0.5) is 0 Å². The lowest BCUT2D eigenvalue weighted by Crippen LogP contribution is -2.05. The van der Waals surface area contributed by atoms with Crippen LogP contribution in [0.3, 0.4) is 0 Å². The van der Waals surface area contributed by atoms with Gasteiger partial charge in [-0.15, -0.1) is 11.3 Å². The number of thiophene rings is 1. The third-order valence-electron chi connectivity index (χ3n) is 10.8. The molecule has 0 radical (unpaired) electrons. The van der Waals surface area contributed by atoms with E-state index < -0.39 is 0 Å². The van der Waals surface area contributed by atoms with Crippen LogP contribution in [0.1, 0.15) is 16.7 Å². The lowest BCUT2D eigenvalue weighted by molar-refractivity contribution is 0.669. The van der Waals surface area contributed by atoms with Crippen molar-refractivity contribution in [3.05, 3.63) is 199 Å². The highest BCUT2D eigenvalue weighted by Gasteiger charge is 2.17. The average molecular weight is 749 g/mol. The summed E-state index contributed by atoms with van der Waals surface area (Å²) in [6.45, 7) is 0. The van der Waals surface area contributed by atoms with Gasteiger partial charge in [0.05, 0.1) is 11.0 Å². The van der Waals surface area contributed by atoms with Crippen LogP contribution in [0.15, 0.2) is 196 Å². The molecule has 6 heteroatoms. The second-order valence-electron chi connectivity index (χ2n) is 14.2. The van der Waals surface area contributed by atoms with Crippen molar-refractivity contribution in [3.8, 4) is 16.8 Å². The fraction of sp³-hybridized carbons (Fsp3) is 0. The fourth-order valence-electron chi connectivity index (χ4n) is 8.08. The lowest BCUT2D eigenvalue weighted by Gasteiger charge is -2.08. The summed E-state index contributed by atoms with van der Waals surface area (Å²) in [6, 6.07) is 62.8. The van der Waals surface area contributed by atoms with Crippen molar-refractivity contribution >= 4 is 93.1 Å². The number of benzene rings is 8. The molecule has 11 aromatic rings. The number of aliphatic imine (C=N–C) groups is 2. The van der Waals surface area contributed by atoms with Gasteiger partial charge in [-0.2, -0.15) is 0 Å². The summed E-state index contributed by atoms with van der Waals surface area (Å²) < 4.78 is 11.3. The summed E-state index contributed by atoms with van der Waals surface area (Å²) in [5, 5.41) is 16.1.